The molecule has 3 rings (SSSR count). The molecule has 140 valence electrons. The average molecular weight is 367 g/mol. The Morgan fingerprint density at radius 2 is 2.07 bits per heavy atom. The lowest BCUT2D eigenvalue weighted by atomic mass is 10.1. The summed E-state index contributed by atoms with van der Waals surface area (Å²) in [6.45, 7) is 2.60. The Labute approximate surface area is 156 Å². The normalized spacial score (nSPS) is 10.7. The molecular weight excluding hydrogens is 346 g/mol. The lowest BCUT2D eigenvalue weighted by Crippen LogP contribution is -2.26. The number of hydrogen-bond donors (Lipinski definition) is 1. The van der Waals surface area contributed by atoms with Crippen LogP contribution in [0, 0.1) is 6.92 Å². The lowest BCUT2D eigenvalue weighted by molar-refractivity contribution is -0.118. The van der Waals surface area contributed by atoms with Crippen LogP contribution in [0.3, 0.4) is 0 Å². The van der Waals surface area contributed by atoms with Gasteiger partial charge in [0.05, 0.1) is 18.4 Å². The number of carbonyl (C=O) groups excluding carboxylic acids is 2. The smallest absolute Gasteiger partial charge is 0.254 e. The molecule has 0 unspecified atom stereocenters. The summed E-state index contributed by atoms with van der Waals surface area (Å²) in [6, 6.07) is 9.13. The second-order valence-electron chi connectivity index (χ2n) is 6.39. The van der Waals surface area contributed by atoms with Crippen LogP contribution in [0.4, 0.5) is 0 Å². The zero-order chi connectivity index (χ0) is 19.4. The van der Waals surface area contributed by atoms with Gasteiger partial charge in [0.1, 0.15) is 0 Å². The van der Waals surface area contributed by atoms with Crippen molar-refractivity contribution in [1.82, 2.24) is 19.8 Å². The van der Waals surface area contributed by atoms with Crippen molar-refractivity contribution in [3.63, 3.8) is 0 Å². The number of aryl methyl sites for hydroxylation is 2. The van der Waals surface area contributed by atoms with Gasteiger partial charge in [-0.15, -0.1) is 0 Å². The molecular formula is C19H21N5O3. The van der Waals surface area contributed by atoms with Gasteiger partial charge in [-0.25, -0.2) is 0 Å². The Balaban J connectivity index is 1.72. The van der Waals surface area contributed by atoms with Crippen LogP contribution in [0.25, 0.3) is 11.1 Å². The van der Waals surface area contributed by atoms with Crippen molar-refractivity contribution in [2.75, 3.05) is 7.05 Å². The molecule has 0 aliphatic carbocycles. The second kappa shape index (κ2) is 7.86. The molecule has 8 heteroatoms. The third-order valence-electron chi connectivity index (χ3n) is 4.08. The number of aromatic nitrogens is 3. The number of nitrogens with zero attached hydrogens (tertiary/aromatic N) is 4. The van der Waals surface area contributed by atoms with Crippen LogP contribution < -0.4 is 5.73 Å². The Morgan fingerprint density at radius 3 is 2.78 bits per heavy atom. The number of amides is 2. The van der Waals surface area contributed by atoms with Crippen LogP contribution >= 0.6 is 0 Å². The zero-order valence-corrected chi connectivity index (χ0v) is 15.3. The van der Waals surface area contributed by atoms with E-state index in [0.717, 1.165) is 16.8 Å². The van der Waals surface area contributed by atoms with E-state index < -0.39 is 0 Å². The summed E-state index contributed by atoms with van der Waals surface area (Å²) in [5.41, 5.74) is 8.24. The van der Waals surface area contributed by atoms with E-state index in [0.29, 0.717) is 24.4 Å². The van der Waals surface area contributed by atoms with Gasteiger partial charge >= 0.3 is 0 Å². The van der Waals surface area contributed by atoms with Crippen LogP contribution in [0.5, 0.6) is 0 Å². The summed E-state index contributed by atoms with van der Waals surface area (Å²) in [4.78, 5) is 25.2. The summed E-state index contributed by atoms with van der Waals surface area (Å²) in [6.07, 6.45) is 3.75. The maximum atomic E-state index is 12.7. The van der Waals surface area contributed by atoms with Gasteiger partial charge in [-0.1, -0.05) is 17.3 Å². The molecule has 0 fully saturated rings. The molecule has 2 aromatic heterocycles. The summed E-state index contributed by atoms with van der Waals surface area (Å²) in [7, 11) is 1.72. The number of hydrogen-bond acceptors (Lipinski definition) is 5. The summed E-state index contributed by atoms with van der Waals surface area (Å²) in [5.74, 6) is 0.145. The minimum absolute atomic E-state index is 0.118. The molecule has 0 saturated carbocycles. The number of carbonyl (C=O) groups is 2. The van der Waals surface area contributed by atoms with E-state index >= 15 is 0 Å². The van der Waals surface area contributed by atoms with Gasteiger partial charge in [0.2, 0.25) is 5.91 Å². The minimum atomic E-state index is -0.371. The molecule has 2 heterocycles. The van der Waals surface area contributed by atoms with Gasteiger partial charge in [0.25, 0.3) is 5.91 Å². The maximum Gasteiger partial charge on any atom is 0.254 e. The Bertz CT molecular complexity index is 960. The summed E-state index contributed by atoms with van der Waals surface area (Å²) in [5, 5.41) is 8.06. The monoisotopic (exact) mass is 367 g/mol. The van der Waals surface area contributed by atoms with Crippen LogP contribution in [0.1, 0.15) is 28.2 Å². The summed E-state index contributed by atoms with van der Waals surface area (Å²) < 4.78 is 6.83. The van der Waals surface area contributed by atoms with E-state index in [1.54, 1.807) is 35.0 Å². The second-order valence-corrected chi connectivity index (χ2v) is 6.39. The fourth-order valence-corrected chi connectivity index (χ4v) is 2.71. The van der Waals surface area contributed by atoms with E-state index in [-0.39, 0.29) is 18.2 Å². The maximum absolute atomic E-state index is 12.7. The van der Waals surface area contributed by atoms with Crippen molar-refractivity contribution >= 4 is 11.8 Å². The fourth-order valence-electron chi connectivity index (χ4n) is 2.71. The highest BCUT2D eigenvalue weighted by Crippen LogP contribution is 2.21. The Hall–Kier alpha value is -3.42. The molecule has 2 amide bonds. The first-order valence-electron chi connectivity index (χ1n) is 8.51. The van der Waals surface area contributed by atoms with E-state index in [9.17, 15) is 9.59 Å². The highest BCUT2D eigenvalue weighted by atomic mass is 16.5. The largest absolute Gasteiger partial charge is 0.370 e. The molecule has 0 aliphatic rings. The van der Waals surface area contributed by atoms with Crippen LogP contribution in [-0.4, -0.2) is 38.7 Å². The zero-order valence-electron chi connectivity index (χ0n) is 15.3. The molecule has 27 heavy (non-hydrogen) atoms. The van der Waals surface area contributed by atoms with Crippen molar-refractivity contribution in [3.05, 3.63) is 59.7 Å². The van der Waals surface area contributed by atoms with Gasteiger partial charge in [0.15, 0.2) is 5.76 Å². The molecule has 0 radical (unpaired) electrons. The van der Waals surface area contributed by atoms with Crippen LogP contribution in [-0.2, 0) is 17.9 Å². The van der Waals surface area contributed by atoms with Gasteiger partial charge in [0, 0.05) is 43.4 Å². The van der Waals surface area contributed by atoms with Crippen LogP contribution in [0.2, 0.25) is 0 Å². The van der Waals surface area contributed by atoms with Gasteiger partial charge in [-0.3, -0.25) is 14.3 Å². The first-order valence-corrected chi connectivity index (χ1v) is 8.51. The van der Waals surface area contributed by atoms with E-state index in [2.05, 4.69) is 10.3 Å². The van der Waals surface area contributed by atoms with Crippen molar-refractivity contribution < 1.29 is 14.1 Å². The SMILES string of the molecule is Cc1cc(CN(C)C(=O)c2cccc(-c3cnn(CCC(N)=O)c3)c2)on1. The van der Waals surface area contributed by atoms with Gasteiger partial charge in [-0.05, 0) is 24.6 Å². The number of benzene rings is 1. The molecule has 0 bridgehead atoms. The third kappa shape index (κ3) is 4.60. The van der Waals surface area contributed by atoms with Crippen molar-refractivity contribution in [3.8, 4) is 11.1 Å². The topological polar surface area (TPSA) is 107 Å². The predicted octanol–water partition coefficient (Wildman–Crippen LogP) is 1.99. The molecule has 3 aromatic rings. The third-order valence-corrected chi connectivity index (χ3v) is 4.08. The van der Waals surface area contributed by atoms with Crippen LogP contribution in [0.15, 0.2) is 47.2 Å². The predicted molar refractivity (Wildman–Crippen MR) is 98.5 cm³/mol. The lowest BCUT2D eigenvalue weighted by Gasteiger charge is -2.15. The number of nitrogens with two attached hydrogens (primary N) is 1. The van der Waals surface area contributed by atoms with Crippen molar-refractivity contribution in [2.45, 2.75) is 26.4 Å². The fraction of sp³-hybridized carbons (Fsp3) is 0.263. The highest BCUT2D eigenvalue weighted by Gasteiger charge is 2.15. The average Bonchev–Trinajstić information content (AvgIpc) is 3.28. The molecule has 0 saturated heterocycles. The van der Waals surface area contributed by atoms with Crippen molar-refractivity contribution in [2.24, 2.45) is 5.73 Å². The first-order chi connectivity index (χ1) is 12.9. The molecule has 8 nitrogen and oxygen atoms in total. The van der Waals surface area contributed by atoms with E-state index in [1.807, 2.05) is 31.3 Å². The Morgan fingerprint density at radius 1 is 1.26 bits per heavy atom. The van der Waals surface area contributed by atoms with E-state index in [4.69, 9.17) is 10.3 Å². The summed E-state index contributed by atoms with van der Waals surface area (Å²) >= 11 is 0. The van der Waals surface area contributed by atoms with E-state index in [1.165, 1.54) is 0 Å². The molecule has 1 aromatic carbocycles. The standard InChI is InChI=1S/C19H21N5O3/c1-13-8-17(27-22-13)12-23(2)19(26)15-5-3-4-14(9-15)16-10-21-24(11-16)7-6-18(20)25/h3-5,8-11H,6-7,12H2,1-2H3,(H2,20,25). The number of rotatable bonds is 7. The quantitative estimate of drug-likeness (QED) is 0.687. The first kappa shape index (κ1) is 18.4. The Kier molecular flexibility index (Phi) is 5.35. The number of primary amides is 1. The minimum Gasteiger partial charge on any atom is -0.370 e. The molecule has 0 atom stereocenters. The molecule has 0 aliphatic heterocycles. The van der Waals surface area contributed by atoms with Crippen molar-refractivity contribution in [1.29, 1.82) is 0 Å². The molecule has 2 N–H and O–H groups in total. The van der Waals surface area contributed by atoms with Gasteiger partial charge in [-0.2, -0.15) is 5.10 Å². The van der Waals surface area contributed by atoms with Gasteiger partial charge < -0.3 is 15.2 Å². The molecule has 0 spiro atoms. The highest BCUT2D eigenvalue weighted by molar-refractivity contribution is 5.95.